The van der Waals surface area contributed by atoms with Crippen LogP contribution in [0, 0.1) is 4.91 Å². The number of hydrogen-bond acceptors (Lipinski definition) is 4. The Hall–Kier alpha value is -1.07. The van der Waals surface area contributed by atoms with Gasteiger partial charge in [-0.05, 0) is 22.9 Å². The van der Waals surface area contributed by atoms with Crippen molar-refractivity contribution in [1.29, 1.82) is 0 Å². The van der Waals surface area contributed by atoms with Crippen LogP contribution >= 0.6 is 23.4 Å². The largest absolute Gasteiger partial charge is 0.346 e. The SMILES string of the molecule is CN(C)C(=O)C(N=O)SCc1ccc(Cl)cc1. The average molecular weight is 273 g/mol. The van der Waals surface area contributed by atoms with Crippen molar-refractivity contribution in [1.82, 2.24) is 4.90 Å². The number of benzene rings is 1. The first kappa shape index (κ1) is 14.0. The standard InChI is InChI=1S/C11H13ClN2O2S/c1-14(2)11(15)10(13-16)17-7-8-3-5-9(12)6-4-8/h3-6,10H,7H2,1-2H3. The first-order chi connectivity index (χ1) is 8.04. The molecule has 0 saturated heterocycles. The van der Waals surface area contributed by atoms with Crippen molar-refractivity contribution in [3.63, 3.8) is 0 Å². The van der Waals surface area contributed by atoms with Crippen molar-refractivity contribution >= 4 is 29.3 Å². The lowest BCUT2D eigenvalue weighted by molar-refractivity contribution is -0.127. The van der Waals surface area contributed by atoms with Crippen LogP contribution in [0.3, 0.4) is 0 Å². The minimum atomic E-state index is -0.888. The van der Waals surface area contributed by atoms with E-state index in [-0.39, 0.29) is 5.91 Å². The van der Waals surface area contributed by atoms with Gasteiger partial charge < -0.3 is 4.90 Å². The van der Waals surface area contributed by atoms with Crippen molar-refractivity contribution in [3.8, 4) is 0 Å². The van der Waals surface area contributed by atoms with Crippen LogP contribution in [0.5, 0.6) is 0 Å². The smallest absolute Gasteiger partial charge is 0.260 e. The zero-order valence-corrected chi connectivity index (χ0v) is 11.2. The number of halogens is 1. The monoisotopic (exact) mass is 272 g/mol. The van der Waals surface area contributed by atoms with Crippen LogP contribution in [0.15, 0.2) is 29.4 Å². The second-order valence-electron chi connectivity index (χ2n) is 3.63. The molecule has 0 saturated carbocycles. The first-order valence-electron chi connectivity index (χ1n) is 4.94. The lowest BCUT2D eigenvalue weighted by atomic mass is 10.2. The summed E-state index contributed by atoms with van der Waals surface area (Å²) in [6.07, 6.45) is 0. The number of carbonyl (C=O) groups is 1. The maximum absolute atomic E-state index is 11.5. The normalized spacial score (nSPS) is 11.9. The first-order valence-corrected chi connectivity index (χ1v) is 6.37. The van der Waals surface area contributed by atoms with Gasteiger partial charge in [-0.1, -0.05) is 23.7 Å². The van der Waals surface area contributed by atoms with E-state index in [0.717, 1.165) is 5.56 Å². The fourth-order valence-electron chi connectivity index (χ4n) is 1.12. The highest BCUT2D eigenvalue weighted by atomic mass is 35.5. The van der Waals surface area contributed by atoms with Crippen LogP contribution in [-0.2, 0) is 10.5 Å². The third-order valence-corrected chi connectivity index (χ3v) is 3.42. The summed E-state index contributed by atoms with van der Waals surface area (Å²) in [5.41, 5.74) is 1.000. The maximum Gasteiger partial charge on any atom is 0.260 e. The Balaban J connectivity index is 2.56. The van der Waals surface area contributed by atoms with Gasteiger partial charge in [-0.25, -0.2) is 0 Å². The van der Waals surface area contributed by atoms with E-state index < -0.39 is 5.37 Å². The average Bonchev–Trinajstić information content (AvgIpc) is 2.31. The predicted molar refractivity (Wildman–Crippen MR) is 71.0 cm³/mol. The molecule has 0 aliphatic carbocycles. The molecule has 0 aliphatic rings. The quantitative estimate of drug-likeness (QED) is 0.775. The van der Waals surface area contributed by atoms with Gasteiger partial charge >= 0.3 is 0 Å². The van der Waals surface area contributed by atoms with Gasteiger partial charge in [0.25, 0.3) is 5.91 Å². The molecule has 0 fully saturated rings. The van der Waals surface area contributed by atoms with E-state index >= 15 is 0 Å². The maximum atomic E-state index is 11.5. The Bertz CT molecular complexity index is 395. The Morgan fingerprint density at radius 1 is 1.41 bits per heavy atom. The molecule has 0 heterocycles. The molecule has 0 radical (unpaired) electrons. The van der Waals surface area contributed by atoms with Crippen molar-refractivity contribution in [2.24, 2.45) is 5.18 Å². The molecule has 4 nitrogen and oxygen atoms in total. The highest BCUT2D eigenvalue weighted by Crippen LogP contribution is 2.21. The molecule has 1 aromatic rings. The van der Waals surface area contributed by atoms with Crippen LogP contribution < -0.4 is 0 Å². The Morgan fingerprint density at radius 2 is 2.00 bits per heavy atom. The van der Waals surface area contributed by atoms with Gasteiger partial charge in [-0.15, -0.1) is 16.7 Å². The van der Waals surface area contributed by atoms with E-state index in [9.17, 15) is 9.70 Å². The van der Waals surface area contributed by atoms with Gasteiger partial charge in [0.2, 0.25) is 5.37 Å². The van der Waals surface area contributed by atoms with Crippen LogP contribution in [0.25, 0.3) is 0 Å². The summed E-state index contributed by atoms with van der Waals surface area (Å²) in [7, 11) is 3.20. The molecule has 6 heteroatoms. The van der Waals surface area contributed by atoms with Crippen molar-refractivity contribution in [3.05, 3.63) is 39.8 Å². The van der Waals surface area contributed by atoms with Crippen LogP contribution in [-0.4, -0.2) is 30.3 Å². The number of carbonyl (C=O) groups excluding carboxylic acids is 1. The second kappa shape index (κ2) is 6.61. The van der Waals surface area contributed by atoms with Crippen molar-refractivity contribution in [2.45, 2.75) is 11.1 Å². The Morgan fingerprint density at radius 3 is 2.47 bits per heavy atom. The fourth-order valence-corrected chi connectivity index (χ4v) is 2.21. The molecule has 17 heavy (non-hydrogen) atoms. The minimum absolute atomic E-state index is 0.293. The molecule has 0 N–H and O–H groups in total. The Labute approximate surface area is 109 Å². The third kappa shape index (κ3) is 4.36. The van der Waals surface area contributed by atoms with E-state index in [1.54, 1.807) is 26.2 Å². The zero-order valence-electron chi connectivity index (χ0n) is 9.59. The number of amides is 1. The highest BCUT2D eigenvalue weighted by molar-refractivity contribution is 7.99. The summed E-state index contributed by atoms with van der Waals surface area (Å²) in [5, 5.41) is 2.61. The number of nitroso groups, excluding NO2 is 1. The van der Waals surface area contributed by atoms with Crippen molar-refractivity contribution < 1.29 is 4.79 Å². The van der Waals surface area contributed by atoms with Crippen molar-refractivity contribution in [2.75, 3.05) is 14.1 Å². The molecule has 1 amide bonds. The molecule has 0 aromatic heterocycles. The van der Waals surface area contributed by atoms with E-state index in [2.05, 4.69) is 5.18 Å². The summed E-state index contributed by atoms with van der Waals surface area (Å²) in [6.45, 7) is 0. The summed E-state index contributed by atoms with van der Waals surface area (Å²) in [5.74, 6) is 0.256. The Kier molecular flexibility index (Phi) is 5.44. The summed E-state index contributed by atoms with van der Waals surface area (Å²) in [4.78, 5) is 23.5. The van der Waals surface area contributed by atoms with Gasteiger partial charge in [-0.3, -0.25) is 4.79 Å². The second-order valence-corrected chi connectivity index (χ2v) is 5.13. The summed E-state index contributed by atoms with van der Waals surface area (Å²) < 4.78 is 0. The summed E-state index contributed by atoms with van der Waals surface area (Å²) >= 11 is 6.96. The molecule has 1 atom stereocenters. The van der Waals surface area contributed by atoms with E-state index in [4.69, 9.17) is 11.6 Å². The highest BCUT2D eigenvalue weighted by Gasteiger charge is 2.21. The van der Waals surface area contributed by atoms with Gasteiger partial charge in [0.1, 0.15) is 0 Å². The van der Waals surface area contributed by atoms with Gasteiger partial charge in [0.05, 0.1) is 0 Å². The lowest BCUT2D eigenvalue weighted by Gasteiger charge is -2.14. The van der Waals surface area contributed by atoms with Gasteiger partial charge in [-0.2, -0.15) is 0 Å². The van der Waals surface area contributed by atoms with E-state index in [1.165, 1.54) is 16.7 Å². The van der Waals surface area contributed by atoms with E-state index in [0.29, 0.717) is 10.8 Å². The van der Waals surface area contributed by atoms with E-state index in [1.807, 2.05) is 12.1 Å². The molecule has 0 aliphatic heterocycles. The number of nitrogens with zero attached hydrogens (tertiary/aromatic N) is 2. The molecule has 1 rings (SSSR count). The number of hydrogen-bond donors (Lipinski definition) is 0. The van der Waals surface area contributed by atoms with Crippen LogP contribution in [0.2, 0.25) is 5.02 Å². The summed E-state index contributed by atoms with van der Waals surface area (Å²) in [6, 6.07) is 7.26. The minimum Gasteiger partial charge on any atom is -0.346 e. The molecule has 92 valence electrons. The molecular weight excluding hydrogens is 260 g/mol. The number of thioether (sulfide) groups is 1. The topological polar surface area (TPSA) is 49.7 Å². The van der Waals surface area contributed by atoms with Crippen LogP contribution in [0.1, 0.15) is 5.56 Å². The molecular formula is C11H13ClN2O2S. The zero-order chi connectivity index (χ0) is 12.8. The number of likely N-dealkylation sites (N-methyl/N-ethyl adjacent to an activating group) is 1. The van der Waals surface area contributed by atoms with Gasteiger partial charge in [0, 0.05) is 24.9 Å². The van der Waals surface area contributed by atoms with Gasteiger partial charge in [0.15, 0.2) is 0 Å². The molecule has 1 aromatic carbocycles. The molecule has 0 spiro atoms. The predicted octanol–water partition coefficient (Wildman–Crippen LogP) is 2.75. The molecule has 1 unspecified atom stereocenters. The number of rotatable bonds is 5. The fraction of sp³-hybridized carbons (Fsp3) is 0.364. The third-order valence-electron chi connectivity index (χ3n) is 2.07. The van der Waals surface area contributed by atoms with Crippen LogP contribution in [0.4, 0.5) is 0 Å². The lowest BCUT2D eigenvalue weighted by Crippen LogP contribution is -2.30. The molecule has 0 bridgehead atoms.